The topological polar surface area (TPSA) is 42.0 Å². The molecule has 1 heterocycles. The number of methoxy groups -OCH3 is 1. The molecule has 6 heteroatoms. The first-order chi connectivity index (χ1) is 13.3. The van der Waals surface area contributed by atoms with E-state index in [-0.39, 0.29) is 5.97 Å². The number of ether oxygens (including phenoxy) is 1. The van der Waals surface area contributed by atoms with Gasteiger partial charge in [0.1, 0.15) is 5.75 Å². The maximum atomic E-state index is 12.1. The highest BCUT2D eigenvalue weighted by atomic mass is 127. The lowest BCUT2D eigenvalue weighted by Crippen LogP contribution is -2.51. The van der Waals surface area contributed by atoms with E-state index in [0.717, 1.165) is 31.9 Å². The third-order valence-corrected chi connectivity index (χ3v) is 6.62. The molecule has 0 amide bonds. The van der Waals surface area contributed by atoms with Crippen LogP contribution in [0.2, 0.25) is 0 Å². The molecule has 0 atom stereocenters. The largest absolute Gasteiger partial charge is 0.496 e. The highest BCUT2D eigenvalue weighted by Crippen LogP contribution is 2.39. The Balaban J connectivity index is 1.48. The molecule has 28 heavy (non-hydrogen) atoms. The van der Waals surface area contributed by atoms with Crippen molar-refractivity contribution < 1.29 is 14.4 Å². The van der Waals surface area contributed by atoms with E-state index in [2.05, 4.69) is 45.7 Å². The Labute approximate surface area is 182 Å². The van der Waals surface area contributed by atoms with Crippen LogP contribution in [0.3, 0.4) is 0 Å². The zero-order valence-corrected chi connectivity index (χ0v) is 19.7. The summed E-state index contributed by atoms with van der Waals surface area (Å²) in [6, 6.07) is 7.21. The number of halogens is 1. The standard InChI is InChI=1S/C22H33IN2O3/c1-22(2,3)21(26)28-25-13-11-24(12-14-25)18-8-5-16(6-9-18)19-10-7-17(23)15-20(19)27-4/h7,10,15-16,18H,5-6,8-9,11-14H2,1-4H3. The molecule has 5 nitrogen and oxygen atoms in total. The molecule has 2 fully saturated rings. The van der Waals surface area contributed by atoms with Crippen molar-refractivity contribution in [1.82, 2.24) is 9.96 Å². The van der Waals surface area contributed by atoms with E-state index in [4.69, 9.17) is 9.57 Å². The Morgan fingerprint density at radius 1 is 1.07 bits per heavy atom. The number of hydrogen-bond donors (Lipinski definition) is 0. The van der Waals surface area contributed by atoms with Crippen LogP contribution in [0.5, 0.6) is 5.75 Å². The summed E-state index contributed by atoms with van der Waals surface area (Å²) in [6.07, 6.45) is 4.87. The minimum Gasteiger partial charge on any atom is -0.496 e. The fourth-order valence-electron chi connectivity index (χ4n) is 4.19. The van der Waals surface area contributed by atoms with Gasteiger partial charge < -0.3 is 9.57 Å². The number of hydroxylamine groups is 2. The second-order valence-electron chi connectivity index (χ2n) is 8.99. The molecule has 1 aromatic rings. The van der Waals surface area contributed by atoms with Gasteiger partial charge in [0.2, 0.25) is 0 Å². The van der Waals surface area contributed by atoms with E-state index in [0.29, 0.717) is 12.0 Å². The summed E-state index contributed by atoms with van der Waals surface area (Å²) in [7, 11) is 1.77. The Hall–Kier alpha value is -0.860. The SMILES string of the molecule is COc1cc(I)ccc1C1CCC(N2CCN(OC(=O)C(C)(C)C)CC2)CC1. The van der Waals surface area contributed by atoms with Crippen molar-refractivity contribution in [2.45, 2.75) is 58.4 Å². The molecule has 0 N–H and O–H groups in total. The summed E-state index contributed by atoms with van der Waals surface area (Å²) in [6.45, 7) is 9.23. The smallest absolute Gasteiger partial charge is 0.330 e. The van der Waals surface area contributed by atoms with Crippen molar-refractivity contribution in [3.05, 3.63) is 27.3 Å². The Kier molecular flexibility index (Phi) is 7.26. The molecule has 0 bridgehead atoms. The van der Waals surface area contributed by atoms with Gasteiger partial charge in [-0.3, -0.25) is 4.90 Å². The second-order valence-corrected chi connectivity index (χ2v) is 10.2. The van der Waals surface area contributed by atoms with Gasteiger partial charge in [-0.1, -0.05) is 6.07 Å². The third kappa shape index (κ3) is 5.39. The fourth-order valence-corrected chi connectivity index (χ4v) is 4.65. The predicted octanol–water partition coefficient (Wildman–Crippen LogP) is 4.45. The molecule has 0 radical (unpaired) electrons. The number of carbonyl (C=O) groups excluding carboxylic acids is 1. The van der Waals surface area contributed by atoms with Gasteiger partial charge >= 0.3 is 5.97 Å². The lowest BCUT2D eigenvalue weighted by atomic mass is 9.80. The van der Waals surface area contributed by atoms with Crippen LogP contribution in [0.15, 0.2) is 18.2 Å². The van der Waals surface area contributed by atoms with Crippen molar-refractivity contribution in [2.75, 3.05) is 33.3 Å². The molecule has 0 unspecified atom stereocenters. The summed E-state index contributed by atoms with van der Waals surface area (Å²) in [5, 5.41) is 1.84. The van der Waals surface area contributed by atoms with Gasteiger partial charge in [-0.15, -0.1) is 5.06 Å². The molecule has 1 saturated carbocycles. The van der Waals surface area contributed by atoms with Crippen LogP contribution in [0, 0.1) is 8.99 Å². The molecular formula is C22H33IN2O3. The summed E-state index contributed by atoms with van der Waals surface area (Å²) >= 11 is 2.34. The number of carbonyl (C=O) groups is 1. The van der Waals surface area contributed by atoms with Gasteiger partial charge in [-0.25, -0.2) is 4.79 Å². The number of hydrogen-bond acceptors (Lipinski definition) is 5. The zero-order valence-electron chi connectivity index (χ0n) is 17.5. The van der Waals surface area contributed by atoms with Crippen molar-refractivity contribution in [3.63, 3.8) is 0 Å². The van der Waals surface area contributed by atoms with Crippen molar-refractivity contribution in [2.24, 2.45) is 5.41 Å². The molecule has 2 aliphatic rings. The number of rotatable bonds is 4. The van der Waals surface area contributed by atoms with E-state index in [9.17, 15) is 4.79 Å². The van der Waals surface area contributed by atoms with Crippen LogP contribution in [0.25, 0.3) is 0 Å². The molecule has 1 saturated heterocycles. The monoisotopic (exact) mass is 500 g/mol. The van der Waals surface area contributed by atoms with Crippen molar-refractivity contribution >= 4 is 28.6 Å². The third-order valence-electron chi connectivity index (χ3n) is 5.95. The van der Waals surface area contributed by atoms with Gasteiger partial charge in [-0.05, 0) is 92.7 Å². The van der Waals surface area contributed by atoms with Crippen LogP contribution in [0.1, 0.15) is 57.9 Å². The van der Waals surface area contributed by atoms with E-state index in [1.807, 2.05) is 25.8 Å². The Bertz CT molecular complexity index is 673. The van der Waals surface area contributed by atoms with E-state index < -0.39 is 5.41 Å². The van der Waals surface area contributed by atoms with E-state index in [1.54, 1.807) is 7.11 Å². The number of benzene rings is 1. The lowest BCUT2D eigenvalue weighted by molar-refractivity contribution is -0.208. The summed E-state index contributed by atoms with van der Waals surface area (Å²) in [4.78, 5) is 20.2. The quantitative estimate of drug-likeness (QED) is 0.572. The van der Waals surface area contributed by atoms with Gasteiger partial charge in [0.05, 0.1) is 12.5 Å². The summed E-state index contributed by atoms with van der Waals surface area (Å²) in [5.41, 5.74) is 0.909. The van der Waals surface area contributed by atoms with Crippen LogP contribution in [-0.2, 0) is 9.63 Å². The fraction of sp³-hybridized carbons (Fsp3) is 0.682. The molecule has 0 aromatic heterocycles. The Morgan fingerprint density at radius 3 is 2.29 bits per heavy atom. The molecule has 1 aliphatic heterocycles. The van der Waals surface area contributed by atoms with Crippen molar-refractivity contribution in [3.8, 4) is 5.75 Å². The van der Waals surface area contributed by atoms with Gasteiger partial charge in [0.25, 0.3) is 0 Å². The predicted molar refractivity (Wildman–Crippen MR) is 119 cm³/mol. The van der Waals surface area contributed by atoms with E-state index >= 15 is 0 Å². The normalized spacial score (nSPS) is 24.8. The molecular weight excluding hydrogens is 467 g/mol. The maximum Gasteiger partial charge on any atom is 0.330 e. The van der Waals surface area contributed by atoms with Gasteiger partial charge in [-0.2, -0.15) is 0 Å². The van der Waals surface area contributed by atoms with Gasteiger partial charge in [0.15, 0.2) is 0 Å². The first-order valence-electron chi connectivity index (χ1n) is 10.3. The van der Waals surface area contributed by atoms with Crippen molar-refractivity contribution in [1.29, 1.82) is 0 Å². The van der Waals surface area contributed by atoms with E-state index in [1.165, 1.54) is 34.8 Å². The average Bonchev–Trinajstić information content (AvgIpc) is 2.68. The first kappa shape index (κ1) is 21.8. The van der Waals surface area contributed by atoms with Crippen LogP contribution < -0.4 is 4.74 Å². The number of nitrogens with zero attached hydrogens (tertiary/aromatic N) is 2. The zero-order chi connectivity index (χ0) is 20.3. The minimum atomic E-state index is -0.452. The highest BCUT2D eigenvalue weighted by molar-refractivity contribution is 14.1. The summed E-state index contributed by atoms with van der Waals surface area (Å²) in [5.74, 6) is 1.48. The molecule has 1 aliphatic carbocycles. The molecule has 156 valence electrons. The molecule has 1 aromatic carbocycles. The Morgan fingerprint density at radius 2 is 1.71 bits per heavy atom. The van der Waals surface area contributed by atoms with Gasteiger partial charge in [0, 0.05) is 35.8 Å². The number of piperazine rings is 1. The minimum absolute atomic E-state index is 0.145. The van der Waals surface area contributed by atoms with Crippen LogP contribution >= 0.6 is 22.6 Å². The second kappa shape index (κ2) is 9.30. The molecule has 3 rings (SSSR count). The van der Waals surface area contributed by atoms with Crippen LogP contribution in [0.4, 0.5) is 0 Å². The maximum absolute atomic E-state index is 12.1. The first-order valence-corrected chi connectivity index (χ1v) is 11.4. The van der Waals surface area contributed by atoms with Crippen LogP contribution in [-0.4, -0.2) is 55.3 Å². The lowest BCUT2D eigenvalue weighted by Gasteiger charge is -2.41. The average molecular weight is 500 g/mol. The highest BCUT2D eigenvalue weighted by Gasteiger charge is 2.32. The molecule has 0 spiro atoms. The summed E-state index contributed by atoms with van der Waals surface area (Å²) < 4.78 is 6.85.